The van der Waals surface area contributed by atoms with Gasteiger partial charge in [-0.1, -0.05) is 12.5 Å². The third-order valence-electron chi connectivity index (χ3n) is 3.57. The molecule has 0 fully saturated rings. The molecule has 0 bridgehead atoms. The Morgan fingerprint density at radius 3 is 2.52 bits per heavy atom. The van der Waals surface area contributed by atoms with Crippen molar-refractivity contribution in [1.82, 2.24) is 0 Å². The predicted octanol–water partition coefficient (Wildman–Crippen LogP) is 3.00. The average Bonchev–Trinajstić information content (AvgIpc) is 2.76. The van der Waals surface area contributed by atoms with E-state index in [2.05, 4.69) is 0 Å². The van der Waals surface area contributed by atoms with Gasteiger partial charge in [0, 0.05) is 18.3 Å². The molecule has 0 aliphatic heterocycles. The monoisotopic (exact) mass is 288 g/mol. The number of hydrogen-bond acceptors (Lipinski definition) is 3. The number of allylic oxidation sites excluding steroid dienone is 1. The van der Waals surface area contributed by atoms with E-state index in [1.165, 1.54) is 4.90 Å². The number of hydrogen-bond donors (Lipinski definition) is 1. The van der Waals surface area contributed by atoms with Crippen LogP contribution < -0.4 is 15.4 Å². The van der Waals surface area contributed by atoms with Crippen LogP contribution in [0, 0.1) is 0 Å². The van der Waals surface area contributed by atoms with Crippen molar-refractivity contribution in [2.75, 3.05) is 11.9 Å². The smallest absolute Gasteiger partial charge is 0.339 e. The van der Waals surface area contributed by atoms with Crippen LogP contribution in [0.2, 0.25) is 0 Å². The van der Waals surface area contributed by atoms with Gasteiger partial charge in [-0.25, -0.2) is 9.59 Å². The van der Waals surface area contributed by atoms with Crippen LogP contribution in [0.5, 0.6) is 5.75 Å². The number of rotatable bonds is 3. The number of nitrogens with zero attached hydrogens (tertiary/aromatic N) is 1. The van der Waals surface area contributed by atoms with Crippen molar-refractivity contribution in [3.05, 3.63) is 35.9 Å². The molecule has 0 radical (unpaired) electrons. The highest BCUT2D eigenvalue weighted by Crippen LogP contribution is 2.22. The zero-order valence-corrected chi connectivity index (χ0v) is 12.2. The van der Waals surface area contributed by atoms with Gasteiger partial charge in [0.25, 0.3) is 0 Å². The quantitative estimate of drug-likeness (QED) is 0.686. The first-order valence-corrected chi connectivity index (χ1v) is 7.12. The Balaban J connectivity index is 2.01. The fourth-order valence-electron chi connectivity index (χ4n) is 2.24. The van der Waals surface area contributed by atoms with Crippen LogP contribution in [0.1, 0.15) is 32.1 Å². The molecule has 21 heavy (non-hydrogen) atoms. The van der Waals surface area contributed by atoms with E-state index in [-0.39, 0.29) is 5.97 Å². The van der Waals surface area contributed by atoms with E-state index in [9.17, 15) is 9.59 Å². The summed E-state index contributed by atoms with van der Waals surface area (Å²) in [5.41, 5.74) is 6.60. The maximum atomic E-state index is 12.1. The molecule has 112 valence electrons. The van der Waals surface area contributed by atoms with Gasteiger partial charge in [-0.3, -0.25) is 4.90 Å². The third-order valence-corrected chi connectivity index (χ3v) is 3.57. The normalized spacial score (nSPS) is 14.8. The van der Waals surface area contributed by atoms with Crippen molar-refractivity contribution < 1.29 is 14.3 Å². The van der Waals surface area contributed by atoms with Crippen LogP contribution in [-0.2, 0) is 4.79 Å². The molecule has 0 saturated carbocycles. The molecule has 0 aromatic heterocycles. The third kappa shape index (κ3) is 4.08. The average molecular weight is 288 g/mol. The second kappa shape index (κ2) is 6.92. The first-order chi connectivity index (χ1) is 10.1. The molecule has 1 aromatic carbocycles. The van der Waals surface area contributed by atoms with Crippen molar-refractivity contribution in [2.45, 2.75) is 32.1 Å². The van der Waals surface area contributed by atoms with Crippen LogP contribution in [0.15, 0.2) is 35.9 Å². The molecule has 1 aliphatic rings. The van der Waals surface area contributed by atoms with E-state index in [1.54, 1.807) is 31.3 Å². The maximum absolute atomic E-state index is 12.1. The van der Waals surface area contributed by atoms with E-state index in [0.717, 1.165) is 37.7 Å². The topological polar surface area (TPSA) is 72.6 Å². The van der Waals surface area contributed by atoms with Gasteiger partial charge in [-0.05, 0) is 49.9 Å². The second-order valence-electron chi connectivity index (χ2n) is 5.11. The minimum atomic E-state index is -0.539. The van der Waals surface area contributed by atoms with Gasteiger partial charge in [0.2, 0.25) is 0 Å². The van der Waals surface area contributed by atoms with E-state index in [4.69, 9.17) is 10.5 Å². The van der Waals surface area contributed by atoms with Crippen LogP contribution >= 0.6 is 0 Å². The predicted molar refractivity (Wildman–Crippen MR) is 81.2 cm³/mol. The molecule has 0 heterocycles. The van der Waals surface area contributed by atoms with Gasteiger partial charge in [0.05, 0.1) is 0 Å². The Morgan fingerprint density at radius 1 is 1.14 bits per heavy atom. The molecule has 5 nitrogen and oxygen atoms in total. The lowest BCUT2D eigenvalue weighted by molar-refractivity contribution is -0.130. The minimum absolute atomic E-state index is 0.284. The Morgan fingerprint density at radius 2 is 1.86 bits per heavy atom. The fourth-order valence-corrected chi connectivity index (χ4v) is 2.24. The van der Waals surface area contributed by atoms with Gasteiger partial charge in [-0.2, -0.15) is 0 Å². The van der Waals surface area contributed by atoms with Gasteiger partial charge < -0.3 is 10.5 Å². The van der Waals surface area contributed by atoms with Gasteiger partial charge in [0.15, 0.2) is 0 Å². The molecule has 1 aliphatic carbocycles. The van der Waals surface area contributed by atoms with Crippen LogP contribution in [-0.4, -0.2) is 19.0 Å². The fraction of sp³-hybridized carbons (Fsp3) is 0.375. The molecule has 5 heteroatoms. The molecule has 0 unspecified atom stereocenters. The number of amides is 2. The summed E-state index contributed by atoms with van der Waals surface area (Å²) in [6, 6.07) is 6.15. The number of carbonyl (C=O) groups is 2. The number of carbonyl (C=O) groups excluding carboxylic acids is 2. The highest BCUT2D eigenvalue weighted by molar-refractivity contribution is 5.91. The van der Waals surface area contributed by atoms with E-state index < -0.39 is 6.03 Å². The minimum Gasteiger partial charge on any atom is -0.423 e. The van der Waals surface area contributed by atoms with Crippen molar-refractivity contribution in [2.24, 2.45) is 5.73 Å². The first-order valence-electron chi connectivity index (χ1n) is 7.12. The molecular weight excluding hydrogens is 268 g/mol. The number of ether oxygens (including phenoxy) is 1. The molecule has 1 aromatic rings. The maximum Gasteiger partial charge on any atom is 0.339 e. The Bertz CT molecular complexity index is 549. The highest BCUT2D eigenvalue weighted by atomic mass is 16.5. The van der Waals surface area contributed by atoms with Gasteiger partial charge in [0.1, 0.15) is 5.75 Å². The van der Waals surface area contributed by atoms with E-state index in [1.807, 2.05) is 6.08 Å². The summed E-state index contributed by atoms with van der Waals surface area (Å²) in [4.78, 5) is 24.4. The second-order valence-corrected chi connectivity index (χ2v) is 5.11. The summed E-state index contributed by atoms with van der Waals surface area (Å²) in [6.45, 7) is 0. The van der Waals surface area contributed by atoms with Gasteiger partial charge >= 0.3 is 12.0 Å². The Kier molecular flexibility index (Phi) is 4.98. The number of nitrogens with two attached hydrogens (primary N) is 1. The molecule has 2 N–H and O–H groups in total. The number of anilines is 1. The number of benzene rings is 1. The van der Waals surface area contributed by atoms with Crippen molar-refractivity contribution >= 4 is 17.7 Å². The Labute approximate surface area is 124 Å². The zero-order valence-electron chi connectivity index (χ0n) is 12.2. The molecule has 0 saturated heterocycles. The van der Waals surface area contributed by atoms with Crippen molar-refractivity contribution in [3.63, 3.8) is 0 Å². The Hall–Kier alpha value is -2.30. The summed E-state index contributed by atoms with van der Waals surface area (Å²) in [5.74, 6) is 0.180. The van der Waals surface area contributed by atoms with E-state index in [0.29, 0.717) is 11.4 Å². The van der Waals surface area contributed by atoms with Crippen LogP contribution in [0.3, 0.4) is 0 Å². The first kappa shape index (κ1) is 15.1. The lowest BCUT2D eigenvalue weighted by Crippen LogP contribution is -2.31. The zero-order chi connectivity index (χ0) is 15.2. The largest absolute Gasteiger partial charge is 0.423 e. The van der Waals surface area contributed by atoms with Crippen LogP contribution in [0.4, 0.5) is 10.5 Å². The summed E-state index contributed by atoms with van der Waals surface area (Å²) < 4.78 is 5.36. The number of urea groups is 1. The van der Waals surface area contributed by atoms with Gasteiger partial charge in [-0.15, -0.1) is 0 Å². The van der Waals surface area contributed by atoms with E-state index >= 15 is 0 Å². The van der Waals surface area contributed by atoms with Crippen molar-refractivity contribution in [3.8, 4) is 5.75 Å². The van der Waals surface area contributed by atoms with Crippen molar-refractivity contribution in [1.29, 1.82) is 0 Å². The molecule has 2 amide bonds. The number of esters is 1. The van der Waals surface area contributed by atoms with Crippen LogP contribution in [0.25, 0.3) is 0 Å². The molecule has 0 atom stereocenters. The lowest BCUT2D eigenvalue weighted by Gasteiger charge is -2.14. The summed E-state index contributed by atoms with van der Waals surface area (Å²) in [6.07, 6.45) is 7.01. The summed E-state index contributed by atoms with van der Waals surface area (Å²) >= 11 is 0. The summed E-state index contributed by atoms with van der Waals surface area (Å²) in [7, 11) is 1.58. The lowest BCUT2D eigenvalue weighted by atomic mass is 10.1. The molecular formula is C16H20N2O3. The SMILES string of the molecule is CN(C(N)=O)c1ccc(OC(=O)C2=CCCCCC2)cc1. The summed E-state index contributed by atoms with van der Waals surface area (Å²) in [5, 5.41) is 0. The number of primary amides is 1. The standard InChI is InChI=1S/C16H20N2O3/c1-18(16(17)20)13-8-10-14(11-9-13)21-15(19)12-6-4-2-3-5-7-12/h6,8-11H,2-5,7H2,1H3,(H2,17,20). The molecule has 2 rings (SSSR count). The highest BCUT2D eigenvalue weighted by Gasteiger charge is 2.14. The molecule has 0 spiro atoms.